The smallest absolute Gasteiger partial charge is 0.167 e. The highest BCUT2D eigenvalue weighted by Crippen LogP contribution is 2.34. The van der Waals surface area contributed by atoms with E-state index in [1.54, 1.807) is 0 Å². The number of rotatable bonds is 5. The van der Waals surface area contributed by atoms with Gasteiger partial charge in [0, 0.05) is 18.7 Å². The molecule has 3 rings (SSSR count). The number of benzene rings is 2. The van der Waals surface area contributed by atoms with Crippen LogP contribution < -0.4 is 9.47 Å². The van der Waals surface area contributed by atoms with Crippen molar-refractivity contribution in [2.24, 2.45) is 0 Å². The fourth-order valence-electron chi connectivity index (χ4n) is 2.64. The zero-order chi connectivity index (χ0) is 14.5. The van der Waals surface area contributed by atoms with Crippen molar-refractivity contribution >= 4 is 0 Å². The van der Waals surface area contributed by atoms with E-state index in [1.165, 1.54) is 11.1 Å². The summed E-state index contributed by atoms with van der Waals surface area (Å²) < 4.78 is 11.5. The molecule has 3 heteroatoms. The summed E-state index contributed by atoms with van der Waals surface area (Å²) >= 11 is 0. The van der Waals surface area contributed by atoms with Crippen LogP contribution in [0.4, 0.5) is 0 Å². The van der Waals surface area contributed by atoms with Crippen LogP contribution in [0.15, 0.2) is 48.5 Å². The summed E-state index contributed by atoms with van der Waals surface area (Å²) in [4.78, 5) is 2.32. The maximum absolute atomic E-state index is 5.91. The summed E-state index contributed by atoms with van der Waals surface area (Å²) in [5.74, 6) is 1.77. The van der Waals surface area contributed by atoms with Crippen LogP contribution in [0.1, 0.15) is 18.1 Å². The molecule has 2 aromatic rings. The first kappa shape index (κ1) is 14.0. The average molecular weight is 283 g/mol. The lowest BCUT2D eigenvalue weighted by molar-refractivity contribution is 0.0921. The van der Waals surface area contributed by atoms with Gasteiger partial charge in [-0.05, 0) is 25.0 Å². The van der Waals surface area contributed by atoms with E-state index in [-0.39, 0.29) is 0 Å². The average Bonchev–Trinajstić information content (AvgIpc) is 2.54. The summed E-state index contributed by atoms with van der Waals surface area (Å²) in [6.45, 7) is 5.21. The van der Waals surface area contributed by atoms with Gasteiger partial charge < -0.3 is 9.47 Å². The lowest BCUT2D eigenvalue weighted by atomic mass is 10.1. The largest absolute Gasteiger partial charge is 0.490 e. The van der Waals surface area contributed by atoms with E-state index in [0.717, 1.165) is 31.0 Å². The monoisotopic (exact) mass is 283 g/mol. The van der Waals surface area contributed by atoms with Gasteiger partial charge in [0.15, 0.2) is 11.5 Å². The summed E-state index contributed by atoms with van der Waals surface area (Å²) in [6, 6.07) is 16.7. The van der Waals surface area contributed by atoms with E-state index in [9.17, 15) is 0 Å². The minimum Gasteiger partial charge on any atom is -0.490 e. The van der Waals surface area contributed by atoms with E-state index in [0.29, 0.717) is 13.3 Å². The van der Waals surface area contributed by atoms with Gasteiger partial charge in [0.25, 0.3) is 0 Å². The Balaban J connectivity index is 1.63. The molecule has 0 aliphatic carbocycles. The summed E-state index contributed by atoms with van der Waals surface area (Å²) in [6.07, 6.45) is 1.05. The predicted octanol–water partition coefficient (Wildman–Crippen LogP) is 3.48. The molecule has 0 unspecified atom stereocenters. The Hall–Kier alpha value is -2.00. The third-order valence-electron chi connectivity index (χ3n) is 3.71. The topological polar surface area (TPSA) is 21.7 Å². The fraction of sp³-hybridized carbons (Fsp3) is 0.333. The summed E-state index contributed by atoms with van der Waals surface area (Å²) in [5, 5.41) is 0. The molecule has 0 N–H and O–H groups in total. The van der Waals surface area contributed by atoms with E-state index >= 15 is 0 Å². The maximum Gasteiger partial charge on any atom is 0.167 e. The standard InChI is InChI=1S/C18H21NO2/c1-2-20-17-10-6-9-16-13-19(14-21-18(16)17)12-11-15-7-4-3-5-8-15/h3-10H,2,11-14H2,1H3. The molecule has 1 aliphatic heterocycles. The molecule has 0 bridgehead atoms. The van der Waals surface area contributed by atoms with Gasteiger partial charge in [-0.1, -0.05) is 42.5 Å². The van der Waals surface area contributed by atoms with Gasteiger partial charge in [-0.25, -0.2) is 0 Å². The maximum atomic E-state index is 5.91. The van der Waals surface area contributed by atoms with Crippen molar-refractivity contribution in [3.63, 3.8) is 0 Å². The molecule has 0 spiro atoms. The van der Waals surface area contributed by atoms with Crippen LogP contribution in [0.2, 0.25) is 0 Å². The van der Waals surface area contributed by atoms with Crippen LogP contribution in [0.3, 0.4) is 0 Å². The molecule has 110 valence electrons. The highest BCUT2D eigenvalue weighted by molar-refractivity contribution is 5.47. The van der Waals surface area contributed by atoms with Gasteiger partial charge in [0.05, 0.1) is 6.61 Å². The number of hydrogen-bond acceptors (Lipinski definition) is 3. The van der Waals surface area contributed by atoms with Crippen molar-refractivity contribution in [2.45, 2.75) is 19.9 Å². The molecule has 2 aromatic carbocycles. The number of fused-ring (bicyclic) bond motifs is 1. The van der Waals surface area contributed by atoms with Crippen LogP contribution in [0.5, 0.6) is 11.5 Å². The lowest BCUT2D eigenvalue weighted by Gasteiger charge is -2.30. The fourth-order valence-corrected chi connectivity index (χ4v) is 2.64. The number of ether oxygens (including phenoxy) is 2. The number of para-hydroxylation sites is 1. The normalized spacial score (nSPS) is 14.3. The van der Waals surface area contributed by atoms with Gasteiger partial charge in [-0.15, -0.1) is 0 Å². The predicted molar refractivity (Wildman–Crippen MR) is 83.7 cm³/mol. The first-order valence-electron chi connectivity index (χ1n) is 7.50. The molecule has 0 aromatic heterocycles. The van der Waals surface area contributed by atoms with E-state index in [2.05, 4.69) is 41.3 Å². The van der Waals surface area contributed by atoms with Crippen molar-refractivity contribution in [1.29, 1.82) is 0 Å². The van der Waals surface area contributed by atoms with Crippen LogP contribution >= 0.6 is 0 Å². The second kappa shape index (κ2) is 6.64. The molecule has 3 nitrogen and oxygen atoms in total. The Morgan fingerprint density at radius 3 is 2.76 bits per heavy atom. The molecule has 1 aliphatic rings. The minimum atomic E-state index is 0.629. The van der Waals surface area contributed by atoms with Crippen molar-refractivity contribution in [3.05, 3.63) is 59.7 Å². The van der Waals surface area contributed by atoms with Crippen molar-refractivity contribution in [1.82, 2.24) is 4.90 Å². The molecule has 0 amide bonds. The molecule has 0 radical (unpaired) electrons. The molecular formula is C18H21NO2. The Labute approximate surface area is 126 Å². The third-order valence-corrected chi connectivity index (χ3v) is 3.71. The first-order chi connectivity index (χ1) is 10.4. The molecule has 0 saturated carbocycles. The Morgan fingerprint density at radius 2 is 1.95 bits per heavy atom. The number of nitrogens with zero attached hydrogens (tertiary/aromatic N) is 1. The molecule has 1 heterocycles. The molecule has 21 heavy (non-hydrogen) atoms. The summed E-state index contributed by atoms with van der Waals surface area (Å²) in [7, 11) is 0. The van der Waals surface area contributed by atoms with Crippen molar-refractivity contribution < 1.29 is 9.47 Å². The van der Waals surface area contributed by atoms with Crippen molar-refractivity contribution in [2.75, 3.05) is 19.9 Å². The zero-order valence-electron chi connectivity index (χ0n) is 12.4. The third kappa shape index (κ3) is 3.37. The highest BCUT2D eigenvalue weighted by Gasteiger charge is 2.20. The minimum absolute atomic E-state index is 0.629. The van der Waals surface area contributed by atoms with Crippen LogP contribution in [-0.4, -0.2) is 24.8 Å². The quantitative estimate of drug-likeness (QED) is 0.838. The molecular weight excluding hydrogens is 262 g/mol. The molecule has 0 fully saturated rings. The van der Waals surface area contributed by atoms with Crippen molar-refractivity contribution in [3.8, 4) is 11.5 Å². The van der Waals surface area contributed by atoms with E-state index < -0.39 is 0 Å². The van der Waals surface area contributed by atoms with E-state index in [1.807, 2.05) is 19.1 Å². The van der Waals surface area contributed by atoms with Gasteiger partial charge in [0.2, 0.25) is 0 Å². The van der Waals surface area contributed by atoms with Gasteiger partial charge in [0.1, 0.15) is 6.73 Å². The van der Waals surface area contributed by atoms with Gasteiger partial charge >= 0.3 is 0 Å². The summed E-state index contributed by atoms with van der Waals surface area (Å²) in [5.41, 5.74) is 2.58. The second-order valence-corrected chi connectivity index (χ2v) is 5.24. The van der Waals surface area contributed by atoms with Crippen LogP contribution in [-0.2, 0) is 13.0 Å². The van der Waals surface area contributed by atoms with E-state index in [4.69, 9.17) is 9.47 Å². The zero-order valence-corrected chi connectivity index (χ0v) is 12.4. The van der Waals surface area contributed by atoms with Crippen LogP contribution in [0.25, 0.3) is 0 Å². The Bertz CT molecular complexity index is 583. The Kier molecular flexibility index (Phi) is 4.41. The van der Waals surface area contributed by atoms with Gasteiger partial charge in [-0.2, -0.15) is 0 Å². The van der Waals surface area contributed by atoms with Crippen LogP contribution in [0, 0.1) is 0 Å². The van der Waals surface area contributed by atoms with Gasteiger partial charge in [-0.3, -0.25) is 4.90 Å². The molecule has 0 atom stereocenters. The first-order valence-corrected chi connectivity index (χ1v) is 7.50. The Morgan fingerprint density at radius 1 is 1.10 bits per heavy atom. The SMILES string of the molecule is CCOc1cccc2c1OCN(CCc1ccccc1)C2. The number of hydrogen-bond donors (Lipinski definition) is 0. The highest BCUT2D eigenvalue weighted by atomic mass is 16.5. The lowest BCUT2D eigenvalue weighted by Crippen LogP contribution is -2.33. The second-order valence-electron chi connectivity index (χ2n) is 5.24. The molecule has 0 saturated heterocycles.